The minimum Gasteiger partial charge on any atom is -0.317 e. The molecule has 1 heterocycles. The average molecular weight is 258 g/mol. The monoisotopic (exact) mass is 257 g/mol. The Kier molecular flexibility index (Phi) is 3.23. The molecule has 0 bridgehead atoms. The zero-order valence-corrected chi connectivity index (χ0v) is 10.00. The standard InChI is InChI=1S/C10H16BrN3/c1-12-9-2-4-10(5-3-9)14-7-8(11)6-13-14/h6-7,9-10,12H,2-5H2,1H3. The highest BCUT2D eigenvalue weighted by atomic mass is 79.9. The van der Waals surface area contributed by atoms with E-state index in [2.05, 4.69) is 44.3 Å². The van der Waals surface area contributed by atoms with Crippen molar-refractivity contribution in [1.82, 2.24) is 15.1 Å². The molecule has 0 aliphatic heterocycles. The Labute approximate surface area is 93.0 Å². The number of hydrogen-bond acceptors (Lipinski definition) is 2. The summed E-state index contributed by atoms with van der Waals surface area (Å²) in [7, 11) is 2.05. The van der Waals surface area contributed by atoms with Crippen LogP contribution in [-0.2, 0) is 0 Å². The van der Waals surface area contributed by atoms with Gasteiger partial charge in [-0.05, 0) is 48.7 Å². The summed E-state index contributed by atoms with van der Waals surface area (Å²) in [5.41, 5.74) is 0. The number of halogens is 1. The molecule has 0 unspecified atom stereocenters. The van der Waals surface area contributed by atoms with E-state index in [9.17, 15) is 0 Å². The van der Waals surface area contributed by atoms with Crippen LogP contribution in [-0.4, -0.2) is 22.9 Å². The van der Waals surface area contributed by atoms with Gasteiger partial charge in [-0.15, -0.1) is 0 Å². The van der Waals surface area contributed by atoms with Crippen LogP contribution in [0.3, 0.4) is 0 Å². The summed E-state index contributed by atoms with van der Waals surface area (Å²) in [6, 6.07) is 1.32. The Morgan fingerprint density at radius 1 is 1.43 bits per heavy atom. The van der Waals surface area contributed by atoms with Crippen molar-refractivity contribution >= 4 is 15.9 Å². The smallest absolute Gasteiger partial charge is 0.0632 e. The molecular weight excluding hydrogens is 242 g/mol. The molecule has 2 rings (SSSR count). The third kappa shape index (κ3) is 2.17. The topological polar surface area (TPSA) is 29.9 Å². The van der Waals surface area contributed by atoms with Crippen LogP contribution >= 0.6 is 15.9 Å². The summed E-state index contributed by atoms with van der Waals surface area (Å²) in [4.78, 5) is 0. The van der Waals surface area contributed by atoms with Crippen molar-refractivity contribution < 1.29 is 0 Å². The van der Waals surface area contributed by atoms with Gasteiger partial charge in [0.05, 0.1) is 16.7 Å². The third-order valence-corrected chi connectivity index (χ3v) is 3.46. The van der Waals surface area contributed by atoms with Crippen LogP contribution in [0.25, 0.3) is 0 Å². The molecule has 1 N–H and O–H groups in total. The zero-order valence-electron chi connectivity index (χ0n) is 8.41. The van der Waals surface area contributed by atoms with Crippen molar-refractivity contribution in [3.8, 4) is 0 Å². The number of rotatable bonds is 2. The minimum absolute atomic E-state index is 0.603. The van der Waals surface area contributed by atoms with Gasteiger partial charge in [-0.25, -0.2) is 0 Å². The minimum atomic E-state index is 0.603. The van der Waals surface area contributed by atoms with E-state index in [-0.39, 0.29) is 0 Å². The quantitative estimate of drug-likeness (QED) is 0.882. The van der Waals surface area contributed by atoms with Gasteiger partial charge in [0.1, 0.15) is 0 Å². The van der Waals surface area contributed by atoms with Crippen LogP contribution in [0.5, 0.6) is 0 Å². The summed E-state index contributed by atoms with van der Waals surface area (Å²) in [6.45, 7) is 0. The molecule has 78 valence electrons. The maximum atomic E-state index is 4.34. The van der Waals surface area contributed by atoms with E-state index in [4.69, 9.17) is 0 Å². The van der Waals surface area contributed by atoms with E-state index >= 15 is 0 Å². The van der Waals surface area contributed by atoms with Crippen molar-refractivity contribution in [1.29, 1.82) is 0 Å². The third-order valence-electron chi connectivity index (χ3n) is 3.05. The van der Waals surface area contributed by atoms with Gasteiger partial charge in [0.25, 0.3) is 0 Å². The SMILES string of the molecule is CNC1CCC(n2cc(Br)cn2)CC1. The highest BCUT2D eigenvalue weighted by Crippen LogP contribution is 2.28. The molecular formula is C10H16BrN3. The first kappa shape index (κ1) is 10.2. The molecule has 1 aliphatic rings. The number of nitrogens with one attached hydrogen (secondary N) is 1. The first-order valence-electron chi connectivity index (χ1n) is 5.16. The zero-order chi connectivity index (χ0) is 9.97. The molecule has 1 aromatic heterocycles. The summed E-state index contributed by atoms with van der Waals surface area (Å²) < 4.78 is 3.17. The fourth-order valence-electron chi connectivity index (χ4n) is 2.14. The molecule has 1 aliphatic carbocycles. The summed E-state index contributed by atoms with van der Waals surface area (Å²) >= 11 is 3.43. The number of aromatic nitrogens is 2. The summed E-state index contributed by atoms with van der Waals surface area (Å²) in [5, 5.41) is 7.68. The predicted octanol–water partition coefficient (Wildman–Crippen LogP) is 2.35. The molecule has 0 saturated heterocycles. The summed E-state index contributed by atoms with van der Waals surface area (Å²) in [5.74, 6) is 0. The molecule has 1 aromatic rings. The summed E-state index contributed by atoms with van der Waals surface area (Å²) in [6.07, 6.45) is 8.94. The van der Waals surface area contributed by atoms with Crippen LogP contribution in [0.2, 0.25) is 0 Å². The van der Waals surface area contributed by atoms with Crippen LogP contribution in [0.1, 0.15) is 31.7 Å². The van der Waals surface area contributed by atoms with Crippen molar-refractivity contribution in [3.63, 3.8) is 0 Å². The molecule has 4 heteroatoms. The van der Waals surface area contributed by atoms with Crippen molar-refractivity contribution in [2.75, 3.05) is 7.05 Å². The van der Waals surface area contributed by atoms with Gasteiger partial charge in [-0.1, -0.05) is 0 Å². The molecule has 0 atom stereocenters. The lowest BCUT2D eigenvalue weighted by atomic mass is 9.91. The largest absolute Gasteiger partial charge is 0.317 e. The Balaban J connectivity index is 1.95. The number of nitrogens with zero attached hydrogens (tertiary/aromatic N) is 2. The lowest BCUT2D eigenvalue weighted by molar-refractivity contribution is 0.284. The van der Waals surface area contributed by atoms with Gasteiger partial charge in [0.2, 0.25) is 0 Å². The first-order valence-corrected chi connectivity index (χ1v) is 5.96. The van der Waals surface area contributed by atoms with Crippen LogP contribution < -0.4 is 5.32 Å². The van der Waals surface area contributed by atoms with E-state index in [1.807, 2.05) is 6.20 Å². The fourth-order valence-corrected chi connectivity index (χ4v) is 2.44. The molecule has 3 nitrogen and oxygen atoms in total. The van der Waals surface area contributed by atoms with Crippen LogP contribution in [0, 0.1) is 0 Å². The van der Waals surface area contributed by atoms with E-state index in [0.717, 1.165) is 4.47 Å². The number of hydrogen-bond donors (Lipinski definition) is 1. The van der Waals surface area contributed by atoms with E-state index in [1.54, 1.807) is 0 Å². The van der Waals surface area contributed by atoms with Crippen molar-refractivity contribution in [3.05, 3.63) is 16.9 Å². The Morgan fingerprint density at radius 2 is 2.14 bits per heavy atom. The maximum absolute atomic E-state index is 4.34. The van der Waals surface area contributed by atoms with Gasteiger partial charge in [-0.3, -0.25) is 4.68 Å². The lowest BCUT2D eigenvalue weighted by Crippen LogP contribution is -2.31. The molecule has 0 spiro atoms. The van der Waals surface area contributed by atoms with E-state index in [0.29, 0.717) is 12.1 Å². The molecule has 14 heavy (non-hydrogen) atoms. The van der Waals surface area contributed by atoms with Gasteiger partial charge in [0, 0.05) is 12.2 Å². The van der Waals surface area contributed by atoms with Crippen molar-refractivity contribution in [2.45, 2.75) is 37.8 Å². The lowest BCUT2D eigenvalue weighted by Gasteiger charge is -2.28. The van der Waals surface area contributed by atoms with Gasteiger partial charge in [0.15, 0.2) is 0 Å². The predicted molar refractivity (Wildman–Crippen MR) is 60.3 cm³/mol. The molecule has 0 amide bonds. The van der Waals surface area contributed by atoms with Crippen molar-refractivity contribution in [2.24, 2.45) is 0 Å². The van der Waals surface area contributed by atoms with Gasteiger partial charge < -0.3 is 5.32 Å². The van der Waals surface area contributed by atoms with E-state index in [1.165, 1.54) is 25.7 Å². The molecule has 1 fully saturated rings. The van der Waals surface area contributed by atoms with Gasteiger partial charge in [-0.2, -0.15) is 5.10 Å². The normalized spacial score (nSPS) is 27.9. The second-order valence-corrected chi connectivity index (χ2v) is 4.85. The van der Waals surface area contributed by atoms with Crippen LogP contribution in [0.4, 0.5) is 0 Å². The molecule has 0 aromatic carbocycles. The average Bonchev–Trinajstić information content (AvgIpc) is 2.65. The highest BCUT2D eigenvalue weighted by Gasteiger charge is 2.21. The Bertz CT molecular complexity index is 289. The van der Waals surface area contributed by atoms with E-state index < -0.39 is 0 Å². The molecule has 0 radical (unpaired) electrons. The molecule has 1 saturated carbocycles. The maximum Gasteiger partial charge on any atom is 0.0632 e. The van der Waals surface area contributed by atoms with Crippen LogP contribution in [0.15, 0.2) is 16.9 Å². The fraction of sp³-hybridized carbons (Fsp3) is 0.700. The Morgan fingerprint density at radius 3 is 2.64 bits per heavy atom. The second kappa shape index (κ2) is 4.45. The highest BCUT2D eigenvalue weighted by molar-refractivity contribution is 9.10. The Hall–Kier alpha value is -0.350. The first-order chi connectivity index (χ1) is 6.79. The van der Waals surface area contributed by atoms with Gasteiger partial charge >= 0.3 is 0 Å². The second-order valence-electron chi connectivity index (χ2n) is 3.93.